The highest BCUT2D eigenvalue weighted by atomic mass is 16.5. The lowest BCUT2D eigenvalue weighted by atomic mass is 10.0. The maximum atomic E-state index is 11.9. The lowest BCUT2D eigenvalue weighted by Gasteiger charge is -2.08. The van der Waals surface area contributed by atoms with Crippen LogP contribution in [-0.4, -0.2) is 30.3 Å². The van der Waals surface area contributed by atoms with E-state index in [4.69, 9.17) is 4.74 Å². The van der Waals surface area contributed by atoms with Crippen LogP contribution in [0.25, 0.3) is 0 Å². The third kappa shape index (κ3) is 14.3. The van der Waals surface area contributed by atoms with Gasteiger partial charge in [0, 0.05) is 12.8 Å². The summed E-state index contributed by atoms with van der Waals surface area (Å²) < 4.78 is 4.79. The summed E-state index contributed by atoms with van der Waals surface area (Å²) in [6.45, 7) is 2.61. The lowest BCUT2D eigenvalue weighted by molar-refractivity contribution is -0.142. The number of ketones is 1. The van der Waals surface area contributed by atoms with Crippen molar-refractivity contribution in [3.63, 3.8) is 0 Å². The molecule has 1 fully saturated rings. The van der Waals surface area contributed by atoms with Gasteiger partial charge in [-0.3, -0.25) is 9.59 Å². The monoisotopic (exact) mass is 409 g/mol. The number of esters is 1. The van der Waals surface area contributed by atoms with Crippen molar-refractivity contribution < 1.29 is 19.1 Å². The molecule has 0 aromatic rings. The topological polar surface area (TPSA) is 72.5 Å². The van der Waals surface area contributed by atoms with Crippen molar-refractivity contribution in [1.82, 2.24) is 5.32 Å². The SMILES string of the molecule is CCCCCCCCCCCCCCCCCC(=O)CC(=O)N[C@H]1CCOC1=O. The molecule has 1 aliphatic heterocycles. The molecule has 168 valence electrons. The van der Waals surface area contributed by atoms with Crippen LogP contribution >= 0.6 is 0 Å². The van der Waals surface area contributed by atoms with Gasteiger partial charge in [-0.1, -0.05) is 96.8 Å². The summed E-state index contributed by atoms with van der Waals surface area (Å²) in [5.74, 6) is -0.795. The lowest BCUT2D eigenvalue weighted by Crippen LogP contribution is -2.38. The average Bonchev–Trinajstić information content (AvgIpc) is 3.09. The second-order valence-corrected chi connectivity index (χ2v) is 8.49. The number of unbranched alkanes of at least 4 members (excludes halogenated alkanes) is 14. The Balaban J connectivity index is 1.81. The number of carbonyl (C=O) groups excluding carboxylic acids is 3. The molecule has 5 nitrogen and oxygen atoms in total. The van der Waals surface area contributed by atoms with Gasteiger partial charge in [0.05, 0.1) is 13.0 Å². The number of cyclic esters (lactones) is 1. The molecule has 1 atom stereocenters. The van der Waals surface area contributed by atoms with Gasteiger partial charge in [-0.05, 0) is 6.42 Å². The minimum atomic E-state index is -0.568. The minimum Gasteiger partial charge on any atom is -0.464 e. The fourth-order valence-corrected chi connectivity index (χ4v) is 3.83. The smallest absolute Gasteiger partial charge is 0.328 e. The molecule has 0 aromatic heterocycles. The van der Waals surface area contributed by atoms with Crippen LogP contribution < -0.4 is 5.32 Å². The Morgan fingerprint density at radius 1 is 0.828 bits per heavy atom. The van der Waals surface area contributed by atoms with E-state index >= 15 is 0 Å². The molecule has 1 heterocycles. The number of Topliss-reactive ketones (excluding diaryl/α,β-unsaturated/α-hetero) is 1. The van der Waals surface area contributed by atoms with E-state index in [0.29, 0.717) is 19.4 Å². The maximum Gasteiger partial charge on any atom is 0.328 e. The second kappa shape index (κ2) is 17.5. The largest absolute Gasteiger partial charge is 0.464 e. The zero-order valence-electron chi connectivity index (χ0n) is 18.6. The Kier molecular flexibility index (Phi) is 15.4. The predicted molar refractivity (Wildman–Crippen MR) is 117 cm³/mol. The van der Waals surface area contributed by atoms with E-state index < -0.39 is 12.0 Å². The summed E-state index contributed by atoms with van der Waals surface area (Å²) in [6.07, 6.45) is 20.3. The van der Waals surface area contributed by atoms with E-state index in [2.05, 4.69) is 12.2 Å². The van der Waals surface area contributed by atoms with Crippen LogP contribution in [0.4, 0.5) is 0 Å². The molecule has 0 radical (unpaired) electrons. The van der Waals surface area contributed by atoms with Crippen LogP contribution in [0.1, 0.15) is 122 Å². The molecule has 0 aromatic carbocycles. The number of carbonyl (C=O) groups is 3. The number of nitrogens with one attached hydrogen (secondary N) is 1. The van der Waals surface area contributed by atoms with Crippen LogP contribution in [0.3, 0.4) is 0 Å². The molecule has 1 aliphatic rings. The fourth-order valence-electron chi connectivity index (χ4n) is 3.83. The van der Waals surface area contributed by atoms with E-state index in [1.807, 2.05) is 0 Å². The van der Waals surface area contributed by atoms with Crippen molar-refractivity contribution in [3.8, 4) is 0 Å². The van der Waals surface area contributed by atoms with Gasteiger partial charge in [0.2, 0.25) is 5.91 Å². The summed E-state index contributed by atoms with van der Waals surface area (Å²) in [4.78, 5) is 34.9. The van der Waals surface area contributed by atoms with Crippen molar-refractivity contribution in [1.29, 1.82) is 0 Å². The molecular weight excluding hydrogens is 366 g/mol. The molecule has 1 amide bonds. The van der Waals surface area contributed by atoms with Crippen LogP contribution in [0.2, 0.25) is 0 Å². The number of hydrogen-bond acceptors (Lipinski definition) is 4. The highest BCUT2D eigenvalue weighted by Crippen LogP contribution is 2.14. The first kappa shape index (κ1) is 25.6. The second-order valence-electron chi connectivity index (χ2n) is 8.49. The number of ether oxygens (including phenoxy) is 1. The molecule has 0 spiro atoms. The van der Waals surface area contributed by atoms with E-state index in [1.165, 1.54) is 83.5 Å². The van der Waals surface area contributed by atoms with Crippen molar-refractivity contribution in [2.75, 3.05) is 6.61 Å². The van der Waals surface area contributed by atoms with Crippen LogP contribution in [0.5, 0.6) is 0 Å². The fraction of sp³-hybridized carbons (Fsp3) is 0.875. The molecule has 0 bridgehead atoms. The number of hydrogen-bond donors (Lipinski definition) is 1. The van der Waals surface area contributed by atoms with Gasteiger partial charge in [-0.25, -0.2) is 4.79 Å². The average molecular weight is 410 g/mol. The van der Waals surface area contributed by atoms with Crippen LogP contribution in [0, 0.1) is 0 Å². The minimum absolute atomic E-state index is 0.0384. The standard InChI is InChI=1S/C24H43NO4/c1-2-3-4-5-6-7-8-9-10-11-12-13-14-15-16-17-21(26)20-23(27)25-22-18-19-29-24(22)28/h22H,2-20H2,1H3,(H,25,27)/t22-/m0/s1. The first-order chi connectivity index (χ1) is 14.1. The summed E-state index contributed by atoms with van der Waals surface area (Å²) in [6, 6.07) is -0.568. The Labute approximate surface area is 177 Å². The number of amides is 1. The Morgan fingerprint density at radius 2 is 1.31 bits per heavy atom. The normalized spacial score (nSPS) is 16.0. The van der Waals surface area contributed by atoms with Crippen molar-refractivity contribution in [2.45, 2.75) is 129 Å². The molecule has 0 aliphatic carbocycles. The summed E-state index contributed by atoms with van der Waals surface area (Å²) >= 11 is 0. The Bertz CT molecular complexity index is 464. The van der Waals surface area contributed by atoms with Gasteiger partial charge in [-0.15, -0.1) is 0 Å². The zero-order valence-corrected chi connectivity index (χ0v) is 18.6. The van der Waals surface area contributed by atoms with E-state index in [0.717, 1.165) is 12.8 Å². The molecule has 1 N–H and O–H groups in total. The van der Waals surface area contributed by atoms with Crippen molar-refractivity contribution in [2.24, 2.45) is 0 Å². The molecule has 1 rings (SSSR count). The molecular formula is C24H43NO4. The van der Waals surface area contributed by atoms with Gasteiger partial charge < -0.3 is 10.1 Å². The highest BCUT2D eigenvalue weighted by Gasteiger charge is 2.28. The highest BCUT2D eigenvalue weighted by molar-refractivity contribution is 5.99. The molecule has 0 unspecified atom stereocenters. The quantitative estimate of drug-likeness (QED) is 0.170. The first-order valence-corrected chi connectivity index (χ1v) is 12.1. The third-order valence-corrected chi connectivity index (χ3v) is 5.69. The van der Waals surface area contributed by atoms with Gasteiger partial charge in [-0.2, -0.15) is 0 Å². The van der Waals surface area contributed by atoms with Crippen LogP contribution in [0.15, 0.2) is 0 Å². The molecule has 29 heavy (non-hydrogen) atoms. The molecule has 0 saturated carbocycles. The molecule has 5 heteroatoms. The summed E-state index contributed by atoms with van der Waals surface area (Å²) in [5.41, 5.74) is 0. The van der Waals surface area contributed by atoms with Crippen molar-refractivity contribution in [3.05, 3.63) is 0 Å². The summed E-state index contributed by atoms with van der Waals surface area (Å²) in [7, 11) is 0. The van der Waals surface area contributed by atoms with E-state index in [-0.39, 0.29) is 18.1 Å². The van der Waals surface area contributed by atoms with Gasteiger partial charge >= 0.3 is 5.97 Å². The summed E-state index contributed by atoms with van der Waals surface area (Å²) in [5, 5.41) is 2.58. The van der Waals surface area contributed by atoms with Crippen LogP contribution in [-0.2, 0) is 19.1 Å². The third-order valence-electron chi connectivity index (χ3n) is 5.69. The zero-order chi connectivity index (χ0) is 21.2. The van der Waals surface area contributed by atoms with E-state index in [9.17, 15) is 14.4 Å². The van der Waals surface area contributed by atoms with Gasteiger partial charge in [0.15, 0.2) is 0 Å². The van der Waals surface area contributed by atoms with Gasteiger partial charge in [0.1, 0.15) is 11.8 Å². The molecule has 1 saturated heterocycles. The Hall–Kier alpha value is -1.39. The van der Waals surface area contributed by atoms with Gasteiger partial charge in [0.25, 0.3) is 0 Å². The first-order valence-electron chi connectivity index (χ1n) is 12.1. The van der Waals surface area contributed by atoms with E-state index in [1.54, 1.807) is 0 Å². The predicted octanol–water partition coefficient (Wildman–Crippen LogP) is 5.64. The maximum absolute atomic E-state index is 11.9. The number of rotatable bonds is 19. The Morgan fingerprint density at radius 3 is 1.76 bits per heavy atom. The van der Waals surface area contributed by atoms with Crippen molar-refractivity contribution >= 4 is 17.7 Å².